The fraction of sp³-hybridized carbons (Fsp3) is 0.400. The number of Topliss-reactive ketones (excluding diaryl/α,β-unsaturated/α-hetero) is 1. The van der Waals surface area contributed by atoms with E-state index in [1.807, 2.05) is 0 Å². The number of rotatable bonds is 9. The van der Waals surface area contributed by atoms with Crippen LogP contribution >= 0.6 is 0 Å². The SMILES string of the molecule is C=CCOC(=O)C(CCC(=O)C=N)N[C-]=O.[Fm]. The summed E-state index contributed by atoms with van der Waals surface area (Å²) < 4.78 is 4.71. The van der Waals surface area contributed by atoms with Crippen molar-refractivity contribution in [3.05, 3.63) is 12.7 Å². The van der Waals surface area contributed by atoms with Crippen LogP contribution in [0.5, 0.6) is 0 Å². The zero-order valence-corrected chi connectivity index (χ0v) is 11.4. The molecule has 0 rings (SSSR count). The summed E-state index contributed by atoms with van der Waals surface area (Å²) in [6.07, 6.45) is 3.50. The van der Waals surface area contributed by atoms with Gasteiger partial charge in [0, 0.05) is 6.42 Å². The molecule has 100 valence electrons. The van der Waals surface area contributed by atoms with Crippen LogP contribution in [0.4, 0.5) is 0 Å². The van der Waals surface area contributed by atoms with E-state index < -0.39 is 17.8 Å². The van der Waals surface area contributed by atoms with Gasteiger partial charge in [-0.05, 0) is 6.42 Å². The zero-order valence-electron chi connectivity index (χ0n) is 8.98. The van der Waals surface area contributed by atoms with Crippen molar-refractivity contribution in [2.45, 2.75) is 18.9 Å². The van der Waals surface area contributed by atoms with E-state index in [2.05, 4.69) is 11.9 Å². The van der Waals surface area contributed by atoms with Crippen molar-refractivity contribution < 1.29 is 19.1 Å². The van der Waals surface area contributed by atoms with Gasteiger partial charge in [-0.15, -0.1) is 0 Å². The van der Waals surface area contributed by atoms with Crippen LogP contribution in [0.1, 0.15) is 12.8 Å². The molecule has 17 heavy (non-hydrogen) atoms. The minimum Gasteiger partial charge on any atom is -0.520 e. The summed E-state index contributed by atoms with van der Waals surface area (Å²) >= 11 is 0. The normalized spacial score (nSPS) is 10.4. The van der Waals surface area contributed by atoms with Crippen molar-refractivity contribution in [3.8, 4) is 0 Å². The van der Waals surface area contributed by atoms with E-state index in [0.717, 1.165) is 0 Å². The average molecular weight is 482 g/mol. The Morgan fingerprint density at radius 1 is 1.53 bits per heavy atom. The van der Waals surface area contributed by atoms with Crippen molar-refractivity contribution in [3.63, 3.8) is 0 Å². The molecular weight excluding hydrogens is 469 g/mol. The van der Waals surface area contributed by atoms with E-state index in [-0.39, 0.29) is 19.4 Å². The van der Waals surface area contributed by atoms with Crippen LogP contribution in [0.3, 0.4) is 0 Å². The Kier molecular flexibility index (Phi) is 9.26. The van der Waals surface area contributed by atoms with Crippen LogP contribution in [0.25, 0.3) is 0 Å². The fourth-order valence-corrected chi connectivity index (χ4v) is 0.920. The number of amides is 1. The predicted molar refractivity (Wildman–Crippen MR) is 56.8 cm³/mol. The summed E-state index contributed by atoms with van der Waals surface area (Å²) in [5.74, 6) is -1.07. The quantitative estimate of drug-likeness (QED) is 0.156. The summed E-state index contributed by atoms with van der Waals surface area (Å²) in [4.78, 5) is 32.2. The third-order valence-corrected chi connectivity index (χ3v) is 1.70. The van der Waals surface area contributed by atoms with Gasteiger partial charge in [-0.1, -0.05) is 12.7 Å². The molecule has 0 saturated carbocycles. The number of hydrogen-bond acceptors (Lipinski definition) is 5. The minimum absolute atomic E-state index is 0. The standard InChI is InChI=1S/C10H13N2O4.Fm/c1-2-5-16-10(15)9(12-7-13)4-3-8(14)6-11;/h2,6,9,11H,1,3-5H2,(H,12,13);/q-1;. The molecule has 1 amide bonds. The summed E-state index contributed by atoms with van der Waals surface area (Å²) in [5, 5.41) is 8.80. The molecule has 0 aliphatic carbocycles. The zero-order chi connectivity index (χ0) is 12.4. The second-order valence-corrected chi connectivity index (χ2v) is 2.87. The molecule has 0 aliphatic rings. The molecule has 1 unspecified atom stereocenters. The van der Waals surface area contributed by atoms with Crippen LogP contribution in [0, 0.1) is 5.41 Å². The van der Waals surface area contributed by atoms with E-state index in [0.29, 0.717) is 6.21 Å². The predicted octanol–water partition coefficient (Wildman–Crippen LogP) is -0.260. The van der Waals surface area contributed by atoms with Crippen molar-refractivity contribution in [1.29, 1.82) is 5.41 Å². The van der Waals surface area contributed by atoms with Gasteiger partial charge in [-0.25, -0.2) is 4.79 Å². The molecule has 0 bridgehead atoms. The van der Waals surface area contributed by atoms with Gasteiger partial charge >= 0.3 is 5.97 Å². The topological polar surface area (TPSA) is 96.3 Å². The molecule has 1 atom stereocenters. The molecule has 0 spiro atoms. The molecule has 0 heterocycles. The molecule has 2 N–H and O–H groups in total. The molecule has 7 heteroatoms. The van der Waals surface area contributed by atoms with Gasteiger partial charge in [-0.3, -0.25) is 4.79 Å². The Bertz CT molecular complexity index is 294. The van der Waals surface area contributed by atoms with Gasteiger partial charge < -0.3 is 20.3 Å². The van der Waals surface area contributed by atoms with Crippen LogP contribution in [-0.2, 0) is 19.1 Å². The second-order valence-electron chi connectivity index (χ2n) is 2.87. The van der Waals surface area contributed by atoms with Crippen molar-refractivity contribution >= 4 is 24.4 Å². The molecule has 0 aromatic carbocycles. The number of carbonyl (C=O) groups excluding carboxylic acids is 3. The second kappa shape index (κ2) is 9.57. The number of ketones is 1. The third-order valence-electron chi connectivity index (χ3n) is 1.70. The molecule has 6 nitrogen and oxygen atoms in total. The average Bonchev–Trinajstić information content (AvgIpc) is 2.30. The molecule has 0 aromatic heterocycles. The first-order valence-corrected chi connectivity index (χ1v) is 4.59. The number of esters is 1. The van der Waals surface area contributed by atoms with Crippen LogP contribution in [-0.4, -0.2) is 37.0 Å². The first kappa shape index (κ1) is 16.4. The van der Waals surface area contributed by atoms with Gasteiger partial charge in [0.05, 0.1) is 12.3 Å². The summed E-state index contributed by atoms with van der Waals surface area (Å²) in [7, 11) is 0. The number of ether oxygens (including phenoxy) is 1. The summed E-state index contributed by atoms with van der Waals surface area (Å²) in [6.45, 7) is 3.40. The maximum absolute atomic E-state index is 11.3. The summed E-state index contributed by atoms with van der Waals surface area (Å²) in [6, 6.07) is -0.915. The molecule has 0 radical (unpaired) electrons. The smallest absolute Gasteiger partial charge is 0.326 e. The number of hydrogen-bond donors (Lipinski definition) is 2. The van der Waals surface area contributed by atoms with E-state index in [1.165, 1.54) is 12.5 Å². The van der Waals surface area contributed by atoms with E-state index in [4.69, 9.17) is 10.1 Å². The van der Waals surface area contributed by atoms with Crippen LogP contribution < -0.4 is 5.32 Å². The molecule has 0 saturated heterocycles. The third kappa shape index (κ3) is 7.01. The summed E-state index contributed by atoms with van der Waals surface area (Å²) in [5.41, 5.74) is 0. The Morgan fingerprint density at radius 2 is 2.18 bits per heavy atom. The first-order valence-electron chi connectivity index (χ1n) is 4.59. The molecule has 0 aliphatic heterocycles. The fourth-order valence-electron chi connectivity index (χ4n) is 0.920. The van der Waals surface area contributed by atoms with Gasteiger partial charge in [0.2, 0.25) is 0 Å². The van der Waals surface area contributed by atoms with Gasteiger partial charge in [-0.2, -0.15) is 6.41 Å². The van der Waals surface area contributed by atoms with E-state index >= 15 is 0 Å². The van der Waals surface area contributed by atoms with Crippen LogP contribution in [0.2, 0.25) is 0 Å². The van der Waals surface area contributed by atoms with Crippen molar-refractivity contribution in [1.82, 2.24) is 5.32 Å². The van der Waals surface area contributed by atoms with E-state index in [1.54, 1.807) is 0 Å². The van der Waals surface area contributed by atoms with Crippen LogP contribution in [0.15, 0.2) is 12.7 Å². The molecular formula is C10H13FmN2O4-. The van der Waals surface area contributed by atoms with Crippen molar-refractivity contribution in [2.75, 3.05) is 6.61 Å². The van der Waals surface area contributed by atoms with Gasteiger partial charge in [0.15, 0.2) is 5.78 Å². The maximum atomic E-state index is 11.3. The van der Waals surface area contributed by atoms with E-state index in [9.17, 15) is 14.4 Å². The monoisotopic (exact) mass is 482 g/mol. The Morgan fingerprint density at radius 3 is 2.65 bits per heavy atom. The Hall–Kier alpha value is -2.98. The Labute approximate surface area is 93.2 Å². The largest absolute Gasteiger partial charge is 0.520 e. The van der Waals surface area contributed by atoms with Gasteiger partial charge in [0.25, 0.3) is 0 Å². The molecule has 0 aromatic rings. The van der Waals surface area contributed by atoms with Gasteiger partial charge in [0.1, 0.15) is 6.61 Å². The molecule has 0 fully saturated rings. The first-order chi connectivity index (χ1) is 7.65. The maximum Gasteiger partial charge on any atom is 0.326 e. The number of nitrogens with one attached hydrogen (secondary N) is 2. The number of carbonyl (C=O) groups is 2. The van der Waals surface area contributed by atoms with Crippen molar-refractivity contribution in [2.24, 2.45) is 0 Å². The minimum atomic E-state index is -0.915. The Balaban J connectivity index is 0.